The molecule has 1 aromatic rings. The second kappa shape index (κ2) is 6.07. The van der Waals surface area contributed by atoms with Gasteiger partial charge in [-0.1, -0.05) is 12.1 Å². The van der Waals surface area contributed by atoms with Crippen molar-refractivity contribution in [1.29, 1.82) is 0 Å². The van der Waals surface area contributed by atoms with Crippen LogP contribution in [0.1, 0.15) is 17.3 Å². The first kappa shape index (κ1) is 12.5. The van der Waals surface area contributed by atoms with Gasteiger partial charge in [-0.3, -0.25) is 4.79 Å². The van der Waals surface area contributed by atoms with Crippen molar-refractivity contribution in [2.24, 2.45) is 0 Å². The monoisotopic (exact) mass is 251 g/mol. The molecule has 2 rings (SSSR count). The van der Waals surface area contributed by atoms with Gasteiger partial charge in [-0.2, -0.15) is 11.8 Å². The van der Waals surface area contributed by atoms with Crippen LogP contribution in [0.4, 0.5) is 0 Å². The number of hydrogen-bond donors (Lipinski definition) is 1. The fourth-order valence-electron chi connectivity index (χ4n) is 1.87. The number of hydrogen-bond acceptors (Lipinski definition) is 4. The third kappa shape index (κ3) is 3.01. The zero-order valence-corrected chi connectivity index (χ0v) is 10.8. The maximum absolute atomic E-state index is 12.3. The summed E-state index contributed by atoms with van der Waals surface area (Å²) in [6.45, 7) is 3.41. The van der Waals surface area contributed by atoms with Gasteiger partial charge in [0.05, 0.1) is 18.2 Å². The number of ketones is 1. The van der Waals surface area contributed by atoms with Crippen molar-refractivity contribution in [3.63, 3.8) is 0 Å². The second-order valence-corrected chi connectivity index (χ2v) is 5.02. The van der Waals surface area contributed by atoms with Gasteiger partial charge in [-0.05, 0) is 19.1 Å². The molecule has 4 heteroatoms. The summed E-state index contributed by atoms with van der Waals surface area (Å²) in [5.74, 6) is 2.76. The van der Waals surface area contributed by atoms with E-state index in [-0.39, 0.29) is 11.8 Å². The Labute approximate surface area is 106 Å². The summed E-state index contributed by atoms with van der Waals surface area (Å²) in [5.41, 5.74) is 0.689. The molecule has 17 heavy (non-hydrogen) atoms. The van der Waals surface area contributed by atoms with Crippen LogP contribution in [0.5, 0.6) is 5.75 Å². The largest absolute Gasteiger partial charge is 0.493 e. The fourth-order valence-corrected chi connectivity index (χ4v) is 2.81. The van der Waals surface area contributed by atoms with E-state index in [1.54, 1.807) is 0 Å². The highest BCUT2D eigenvalue weighted by Gasteiger charge is 2.24. The maximum Gasteiger partial charge on any atom is 0.184 e. The average Bonchev–Trinajstić information content (AvgIpc) is 2.40. The lowest BCUT2D eigenvalue weighted by atomic mass is 10.0. The third-order valence-corrected chi connectivity index (χ3v) is 3.75. The summed E-state index contributed by atoms with van der Waals surface area (Å²) in [4.78, 5) is 12.3. The molecule has 92 valence electrons. The molecule has 1 aliphatic rings. The molecule has 0 saturated carbocycles. The van der Waals surface area contributed by atoms with E-state index in [9.17, 15) is 4.79 Å². The summed E-state index contributed by atoms with van der Waals surface area (Å²) in [6, 6.07) is 7.40. The highest BCUT2D eigenvalue weighted by atomic mass is 32.2. The number of nitrogens with one attached hydrogen (secondary N) is 1. The van der Waals surface area contributed by atoms with Crippen LogP contribution in [-0.2, 0) is 0 Å². The molecule has 0 aliphatic carbocycles. The Morgan fingerprint density at radius 3 is 3.06 bits per heavy atom. The van der Waals surface area contributed by atoms with Gasteiger partial charge in [0.2, 0.25) is 0 Å². The molecule has 1 aromatic carbocycles. The smallest absolute Gasteiger partial charge is 0.184 e. The van der Waals surface area contributed by atoms with Crippen LogP contribution in [-0.4, -0.2) is 36.5 Å². The van der Waals surface area contributed by atoms with E-state index in [2.05, 4.69) is 5.32 Å². The predicted molar refractivity (Wildman–Crippen MR) is 71.1 cm³/mol. The standard InChI is InChI=1S/C13H17NO2S/c1-2-16-12-6-4-3-5-10(12)13(15)11-9-17-8-7-14-11/h3-6,11,14H,2,7-9H2,1H3. The van der Waals surface area contributed by atoms with Crippen LogP contribution in [0, 0.1) is 0 Å². The number of carbonyl (C=O) groups excluding carboxylic acids is 1. The first-order valence-electron chi connectivity index (χ1n) is 5.90. The molecule has 1 atom stereocenters. The zero-order chi connectivity index (χ0) is 12.1. The van der Waals surface area contributed by atoms with E-state index in [1.807, 2.05) is 43.0 Å². The lowest BCUT2D eigenvalue weighted by molar-refractivity contribution is 0.0949. The quantitative estimate of drug-likeness (QED) is 0.830. The molecule has 1 saturated heterocycles. The van der Waals surface area contributed by atoms with E-state index < -0.39 is 0 Å². The van der Waals surface area contributed by atoms with Gasteiger partial charge in [0.1, 0.15) is 5.75 Å². The summed E-state index contributed by atoms with van der Waals surface area (Å²) in [6.07, 6.45) is 0. The van der Waals surface area contributed by atoms with Crippen molar-refractivity contribution in [2.75, 3.05) is 24.7 Å². The van der Waals surface area contributed by atoms with Crippen molar-refractivity contribution >= 4 is 17.5 Å². The first-order chi connectivity index (χ1) is 8.33. The van der Waals surface area contributed by atoms with Gasteiger partial charge in [0.25, 0.3) is 0 Å². The number of thioether (sulfide) groups is 1. The van der Waals surface area contributed by atoms with Crippen LogP contribution in [0.2, 0.25) is 0 Å². The van der Waals surface area contributed by atoms with E-state index >= 15 is 0 Å². The third-order valence-electron chi connectivity index (χ3n) is 2.69. The molecule has 1 fully saturated rings. The Hall–Kier alpha value is -1.00. The van der Waals surface area contributed by atoms with Crippen molar-refractivity contribution in [1.82, 2.24) is 5.32 Å². The minimum absolute atomic E-state index is 0.0737. The molecule has 0 amide bonds. The van der Waals surface area contributed by atoms with Gasteiger partial charge >= 0.3 is 0 Å². The summed E-state index contributed by atoms with van der Waals surface area (Å²) < 4.78 is 5.49. The van der Waals surface area contributed by atoms with Crippen LogP contribution < -0.4 is 10.1 Å². The Morgan fingerprint density at radius 2 is 2.35 bits per heavy atom. The van der Waals surface area contributed by atoms with Crippen molar-refractivity contribution < 1.29 is 9.53 Å². The number of carbonyl (C=O) groups is 1. The van der Waals surface area contributed by atoms with Gasteiger partial charge in [-0.15, -0.1) is 0 Å². The highest BCUT2D eigenvalue weighted by molar-refractivity contribution is 7.99. The van der Waals surface area contributed by atoms with Crippen LogP contribution >= 0.6 is 11.8 Å². The van der Waals surface area contributed by atoms with E-state index in [0.717, 1.165) is 18.1 Å². The average molecular weight is 251 g/mol. The van der Waals surface area contributed by atoms with Crippen molar-refractivity contribution in [2.45, 2.75) is 13.0 Å². The molecule has 0 aromatic heterocycles. The minimum atomic E-state index is -0.0737. The molecule has 0 spiro atoms. The molecule has 1 unspecified atom stereocenters. The Bertz CT molecular complexity index is 389. The number of para-hydroxylation sites is 1. The minimum Gasteiger partial charge on any atom is -0.493 e. The van der Waals surface area contributed by atoms with Crippen LogP contribution in [0.15, 0.2) is 24.3 Å². The number of Topliss-reactive ketones (excluding diaryl/α,β-unsaturated/α-hetero) is 1. The molecule has 1 N–H and O–H groups in total. The molecule has 3 nitrogen and oxygen atoms in total. The first-order valence-corrected chi connectivity index (χ1v) is 7.05. The lowest BCUT2D eigenvalue weighted by Gasteiger charge is -2.22. The topological polar surface area (TPSA) is 38.3 Å². The number of ether oxygens (including phenoxy) is 1. The molecule has 0 radical (unpaired) electrons. The summed E-state index contributed by atoms with van der Waals surface area (Å²) in [7, 11) is 0. The Balaban J connectivity index is 2.17. The Morgan fingerprint density at radius 1 is 1.53 bits per heavy atom. The molecular formula is C13H17NO2S. The summed E-state index contributed by atoms with van der Waals surface area (Å²) in [5, 5.41) is 3.26. The van der Waals surface area contributed by atoms with E-state index in [0.29, 0.717) is 17.9 Å². The SMILES string of the molecule is CCOc1ccccc1C(=O)C1CSCCN1. The summed E-state index contributed by atoms with van der Waals surface area (Å²) >= 11 is 1.82. The predicted octanol–water partition coefficient (Wildman–Crippen LogP) is 1.97. The van der Waals surface area contributed by atoms with Gasteiger partial charge in [-0.25, -0.2) is 0 Å². The molecule has 1 heterocycles. The van der Waals surface area contributed by atoms with Crippen molar-refractivity contribution in [3.05, 3.63) is 29.8 Å². The van der Waals surface area contributed by atoms with Crippen LogP contribution in [0.3, 0.4) is 0 Å². The molecular weight excluding hydrogens is 234 g/mol. The molecule has 0 bridgehead atoms. The van der Waals surface area contributed by atoms with Gasteiger partial charge < -0.3 is 10.1 Å². The van der Waals surface area contributed by atoms with Gasteiger partial charge in [0, 0.05) is 18.1 Å². The Kier molecular flexibility index (Phi) is 4.45. The second-order valence-electron chi connectivity index (χ2n) is 3.88. The maximum atomic E-state index is 12.3. The number of rotatable bonds is 4. The van der Waals surface area contributed by atoms with Crippen LogP contribution in [0.25, 0.3) is 0 Å². The number of benzene rings is 1. The molecule has 1 aliphatic heterocycles. The van der Waals surface area contributed by atoms with Crippen molar-refractivity contribution in [3.8, 4) is 5.75 Å². The fraction of sp³-hybridized carbons (Fsp3) is 0.462. The zero-order valence-electron chi connectivity index (χ0n) is 9.94. The highest BCUT2D eigenvalue weighted by Crippen LogP contribution is 2.21. The lowest BCUT2D eigenvalue weighted by Crippen LogP contribution is -2.43. The van der Waals surface area contributed by atoms with Gasteiger partial charge in [0.15, 0.2) is 5.78 Å². The normalized spacial score (nSPS) is 19.9. The van der Waals surface area contributed by atoms with E-state index in [4.69, 9.17) is 4.74 Å². The van der Waals surface area contributed by atoms with E-state index in [1.165, 1.54) is 0 Å².